The Kier molecular flexibility index (Phi) is 6.64. The van der Waals surface area contributed by atoms with Crippen molar-refractivity contribution < 1.29 is 9.59 Å². The topological polar surface area (TPSA) is 58.2 Å². The van der Waals surface area contributed by atoms with E-state index in [1.54, 1.807) is 0 Å². The lowest BCUT2D eigenvalue weighted by atomic mass is 10.1. The van der Waals surface area contributed by atoms with Crippen molar-refractivity contribution in [2.24, 2.45) is 0 Å². The van der Waals surface area contributed by atoms with Crippen molar-refractivity contribution in [3.05, 3.63) is 35.4 Å². The number of benzene rings is 1. The van der Waals surface area contributed by atoms with Gasteiger partial charge in [0.25, 0.3) is 0 Å². The highest BCUT2D eigenvalue weighted by Gasteiger charge is 2.12. The van der Waals surface area contributed by atoms with E-state index < -0.39 is 11.8 Å². The van der Waals surface area contributed by atoms with Crippen LogP contribution in [0.2, 0.25) is 0 Å². The van der Waals surface area contributed by atoms with Crippen LogP contribution in [0.3, 0.4) is 0 Å². The summed E-state index contributed by atoms with van der Waals surface area (Å²) in [5, 5.41) is 5.25. The summed E-state index contributed by atoms with van der Waals surface area (Å²) in [6.45, 7) is 5.02. The van der Waals surface area contributed by atoms with Gasteiger partial charge in [-0.25, -0.2) is 0 Å². The highest BCUT2D eigenvalue weighted by molar-refractivity contribution is 6.35. The monoisotopic (exact) mass is 262 g/mol. The highest BCUT2D eigenvalue weighted by atomic mass is 16.2. The highest BCUT2D eigenvalue weighted by Crippen LogP contribution is 2.05. The van der Waals surface area contributed by atoms with Gasteiger partial charge in [0, 0.05) is 13.1 Å². The van der Waals surface area contributed by atoms with Gasteiger partial charge in [-0.15, -0.1) is 0 Å². The SMILES string of the molecule is CCCCCNC(=O)C(=O)NCc1ccccc1C. The molecular formula is C15H22N2O2. The zero-order valence-corrected chi connectivity index (χ0v) is 11.7. The summed E-state index contributed by atoms with van der Waals surface area (Å²) in [6.07, 6.45) is 3.06. The Morgan fingerprint density at radius 1 is 1.05 bits per heavy atom. The van der Waals surface area contributed by atoms with Crippen LogP contribution in [-0.2, 0) is 16.1 Å². The molecule has 0 saturated carbocycles. The number of amides is 2. The van der Waals surface area contributed by atoms with Crippen LogP contribution in [0.4, 0.5) is 0 Å². The maximum absolute atomic E-state index is 11.6. The molecule has 0 aliphatic heterocycles. The van der Waals surface area contributed by atoms with E-state index >= 15 is 0 Å². The van der Waals surface area contributed by atoms with Gasteiger partial charge in [0.2, 0.25) is 0 Å². The molecule has 104 valence electrons. The van der Waals surface area contributed by atoms with E-state index in [0.29, 0.717) is 13.1 Å². The molecule has 0 saturated heterocycles. The third-order valence-corrected chi connectivity index (χ3v) is 2.97. The van der Waals surface area contributed by atoms with Crippen molar-refractivity contribution in [3.8, 4) is 0 Å². The lowest BCUT2D eigenvalue weighted by molar-refractivity contribution is -0.139. The number of hydrogen-bond donors (Lipinski definition) is 2. The number of aryl methyl sites for hydroxylation is 1. The molecule has 1 rings (SSSR count). The molecule has 0 aliphatic rings. The standard InChI is InChI=1S/C15H22N2O2/c1-3-4-7-10-16-14(18)15(19)17-11-13-9-6-5-8-12(13)2/h5-6,8-9H,3-4,7,10-11H2,1-2H3,(H,16,18)(H,17,19). The summed E-state index contributed by atoms with van der Waals surface area (Å²) < 4.78 is 0. The van der Waals surface area contributed by atoms with Crippen LogP contribution >= 0.6 is 0 Å². The number of unbranched alkanes of at least 4 members (excludes halogenated alkanes) is 2. The summed E-state index contributed by atoms with van der Waals surface area (Å²) >= 11 is 0. The molecule has 4 nitrogen and oxygen atoms in total. The molecule has 0 aromatic heterocycles. The van der Waals surface area contributed by atoms with E-state index in [1.165, 1.54) is 0 Å². The second-order valence-electron chi connectivity index (χ2n) is 4.57. The first-order valence-electron chi connectivity index (χ1n) is 6.75. The first-order chi connectivity index (χ1) is 9.15. The van der Waals surface area contributed by atoms with Gasteiger partial charge < -0.3 is 10.6 Å². The van der Waals surface area contributed by atoms with E-state index in [0.717, 1.165) is 30.4 Å². The minimum Gasteiger partial charge on any atom is -0.348 e. The van der Waals surface area contributed by atoms with E-state index in [9.17, 15) is 9.59 Å². The molecule has 2 N–H and O–H groups in total. The molecule has 0 aliphatic carbocycles. The largest absolute Gasteiger partial charge is 0.348 e. The normalized spacial score (nSPS) is 10.0. The molecule has 0 bridgehead atoms. The fourth-order valence-electron chi connectivity index (χ4n) is 1.72. The van der Waals surface area contributed by atoms with Crippen molar-refractivity contribution in [1.29, 1.82) is 0 Å². The van der Waals surface area contributed by atoms with E-state index in [4.69, 9.17) is 0 Å². The molecule has 0 fully saturated rings. The lowest BCUT2D eigenvalue weighted by Crippen LogP contribution is -2.40. The molecule has 2 amide bonds. The van der Waals surface area contributed by atoms with Gasteiger partial charge in [0.05, 0.1) is 0 Å². The number of hydrogen-bond acceptors (Lipinski definition) is 2. The van der Waals surface area contributed by atoms with Gasteiger partial charge >= 0.3 is 11.8 Å². The Hall–Kier alpha value is -1.84. The first-order valence-corrected chi connectivity index (χ1v) is 6.75. The molecule has 0 radical (unpaired) electrons. The lowest BCUT2D eigenvalue weighted by Gasteiger charge is -2.08. The molecule has 0 atom stereocenters. The Morgan fingerprint density at radius 3 is 2.42 bits per heavy atom. The van der Waals surface area contributed by atoms with E-state index in [2.05, 4.69) is 17.6 Å². The van der Waals surface area contributed by atoms with Gasteiger partial charge in [0.1, 0.15) is 0 Å². The smallest absolute Gasteiger partial charge is 0.309 e. The van der Waals surface area contributed by atoms with Crippen molar-refractivity contribution in [2.45, 2.75) is 39.7 Å². The summed E-state index contributed by atoms with van der Waals surface area (Å²) in [4.78, 5) is 23.1. The second kappa shape index (κ2) is 8.29. The molecule has 1 aromatic rings. The molecule has 4 heteroatoms. The fourth-order valence-corrected chi connectivity index (χ4v) is 1.72. The van der Waals surface area contributed by atoms with Gasteiger partial charge in [0.15, 0.2) is 0 Å². The number of rotatable bonds is 6. The Balaban J connectivity index is 2.31. The van der Waals surface area contributed by atoms with Crippen LogP contribution in [0.25, 0.3) is 0 Å². The minimum absolute atomic E-state index is 0.383. The number of nitrogens with one attached hydrogen (secondary N) is 2. The average molecular weight is 262 g/mol. The molecular weight excluding hydrogens is 240 g/mol. The van der Waals surface area contributed by atoms with Crippen LogP contribution in [0.1, 0.15) is 37.3 Å². The molecule has 0 spiro atoms. The molecule has 0 heterocycles. The van der Waals surface area contributed by atoms with Crippen LogP contribution in [0.15, 0.2) is 24.3 Å². The van der Waals surface area contributed by atoms with Crippen LogP contribution in [0.5, 0.6) is 0 Å². The predicted molar refractivity (Wildman–Crippen MR) is 75.6 cm³/mol. The van der Waals surface area contributed by atoms with Gasteiger partial charge in [-0.3, -0.25) is 9.59 Å². The summed E-state index contributed by atoms with van der Waals surface area (Å²) in [5.41, 5.74) is 2.13. The zero-order valence-electron chi connectivity index (χ0n) is 11.7. The molecule has 19 heavy (non-hydrogen) atoms. The van der Waals surface area contributed by atoms with E-state index in [-0.39, 0.29) is 0 Å². The third kappa shape index (κ3) is 5.55. The van der Waals surface area contributed by atoms with Crippen molar-refractivity contribution in [3.63, 3.8) is 0 Å². The van der Waals surface area contributed by atoms with Crippen molar-refractivity contribution in [2.75, 3.05) is 6.54 Å². The maximum Gasteiger partial charge on any atom is 0.309 e. The van der Waals surface area contributed by atoms with Gasteiger partial charge in [-0.05, 0) is 24.5 Å². The van der Waals surface area contributed by atoms with Gasteiger partial charge in [-0.1, -0.05) is 44.0 Å². The number of carbonyl (C=O) groups is 2. The Morgan fingerprint density at radius 2 is 1.74 bits per heavy atom. The first kappa shape index (κ1) is 15.2. The molecule has 0 unspecified atom stereocenters. The zero-order chi connectivity index (χ0) is 14.1. The average Bonchev–Trinajstić information content (AvgIpc) is 2.42. The summed E-state index contributed by atoms with van der Waals surface area (Å²) in [6, 6.07) is 7.78. The minimum atomic E-state index is -0.570. The third-order valence-electron chi connectivity index (χ3n) is 2.97. The summed E-state index contributed by atoms with van der Waals surface area (Å²) in [5.74, 6) is -1.12. The fraction of sp³-hybridized carbons (Fsp3) is 0.467. The Bertz CT molecular complexity index is 430. The van der Waals surface area contributed by atoms with Crippen LogP contribution in [0, 0.1) is 6.92 Å². The predicted octanol–water partition coefficient (Wildman–Crippen LogP) is 1.92. The number of carbonyl (C=O) groups excluding carboxylic acids is 2. The quantitative estimate of drug-likeness (QED) is 0.608. The summed E-state index contributed by atoms with van der Waals surface area (Å²) in [7, 11) is 0. The van der Waals surface area contributed by atoms with Gasteiger partial charge in [-0.2, -0.15) is 0 Å². The molecule has 1 aromatic carbocycles. The van der Waals surface area contributed by atoms with Crippen molar-refractivity contribution >= 4 is 11.8 Å². The van der Waals surface area contributed by atoms with Crippen LogP contribution < -0.4 is 10.6 Å². The van der Waals surface area contributed by atoms with Crippen molar-refractivity contribution in [1.82, 2.24) is 10.6 Å². The van der Waals surface area contributed by atoms with Crippen LogP contribution in [-0.4, -0.2) is 18.4 Å². The second-order valence-corrected chi connectivity index (χ2v) is 4.57. The van der Waals surface area contributed by atoms with E-state index in [1.807, 2.05) is 31.2 Å². The Labute approximate surface area is 114 Å². The maximum atomic E-state index is 11.6.